The lowest BCUT2D eigenvalue weighted by Gasteiger charge is -2.29. The summed E-state index contributed by atoms with van der Waals surface area (Å²) in [6, 6.07) is 6.08. The van der Waals surface area contributed by atoms with Crippen molar-refractivity contribution in [3.8, 4) is 5.75 Å². The Labute approximate surface area is 134 Å². The van der Waals surface area contributed by atoms with Gasteiger partial charge in [-0.3, -0.25) is 0 Å². The molecular formula is C19H28O3. The molecule has 3 heteroatoms. The maximum atomic E-state index is 12.2. The molecule has 0 heterocycles. The van der Waals surface area contributed by atoms with Crippen LogP contribution < -0.4 is 4.74 Å². The van der Waals surface area contributed by atoms with Crippen molar-refractivity contribution in [2.24, 2.45) is 0 Å². The van der Waals surface area contributed by atoms with Crippen molar-refractivity contribution in [1.29, 1.82) is 0 Å². The van der Waals surface area contributed by atoms with E-state index >= 15 is 0 Å². The van der Waals surface area contributed by atoms with Crippen LogP contribution >= 0.6 is 0 Å². The molecule has 0 aliphatic heterocycles. The molecule has 0 amide bonds. The van der Waals surface area contributed by atoms with Crippen LogP contribution in [0.3, 0.4) is 0 Å². The normalized spacial score (nSPS) is 14.1. The fourth-order valence-electron chi connectivity index (χ4n) is 2.00. The zero-order valence-corrected chi connectivity index (χ0v) is 14.9. The number of benzene rings is 1. The van der Waals surface area contributed by atoms with E-state index in [9.17, 15) is 4.79 Å². The molecule has 1 unspecified atom stereocenters. The zero-order chi connectivity index (χ0) is 17.1. The minimum Gasteiger partial charge on any atom is -0.476 e. The van der Waals surface area contributed by atoms with Crippen LogP contribution in [0.15, 0.2) is 30.5 Å². The topological polar surface area (TPSA) is 35.5 Å². The zero-order valence-electron chi connectivity index (χ0n) is 14.9. The molecule has 0 aliphatic carbocycles. The van der Waals surface area contributed by atoms with Crippen LogP contribution in [-0.2, 0) is 14.9 Å². The first-order valence-corrected chi connectivity index (χ1v) is 7.67. The van der Waals surface area contributed by atoms with Crippen molar-refractivity contribution in [2.45, 2.75) is 65.9 Å². The predicted octanol–water partition coefficient (Wildman–Crippen LogP) is 4.92. The number of ether oxygens (including phenoxy) is 2. The Kier molecular flexibility index (Phi) is 5.44. The van der Waals surface area contributed by atoms with Gasteiger partial charge < -0.3 is 9.47 Å². The van der Waals surface area contributed by atoms with Gasteiger partial charge in [-0.05, 0) is 49.8 Å². The predicted molar refractivity (Wildman–Crippen MR) is 90.1 cm³/mol. The van der Waals surface area contributed by atoms with Gasteiger partial charge in [-0.25, -0.2) is 4.79 Å². The first kappa shape index (κ1) is 18.3. The highest BCUT2D eigenvalue weighted by Gasteiger charge is 2.36. The third-order valence-corrected chi connectivity index (χ3v) is 3.75. The minimum atomic E-state index is -1.02. The van der Waals surface area contributed by atoms with Gasteiger partial charge in [-0.1, -0.05) is 46.4 Å². The molecule has 1 aromatic carbocycles. The third kappa shape index (κ3) is 4.36. The van der Waals surface area contributed by atoms with Gasteiger partial charge in [0, 0.05) is 0 Å². The number of hydrogen-bond acceptors (Lipinski definition) is 3. The molecule has 0 aromatic heterocycles. The summed E-state index contributed by atoms with van der Waals surface area (Å²) in [4.78, 5) is 12.2. The van der Waals surface area contributed by atoms with E-state index < -0.39 is 11.6 Å². The number of rotatable bonds is 5. The molecule has 1 rings (SSSR count). The van der Waals surface area contributed by atoms with E-state index in [4.69, 9.17) is 9.47 Å². The van der Waals surface area contributed by atoms with Gasteiger partial charge in [0.25, 0.3) is 0 Å². The number of allylic oxidation sites excluding steroid dienone is 1. The van der Waals surface area contributed by atoms with Gasteiger partial charge in [0.2, 0.25) is 5.60 Å². The average molecular weight is 304 g/mol. The van der Waals surface area contributed by atoms with Crippen LogP contribution in [0.2, 0.25) is 0 Å². The molecule has 22 heavy (non-hydrogen) atoms. The summed E-state index contributed by atoms with van der Waals surface area (Å²) in [5.74, 6) is 0.658. The summed E-state index contributed by atoms with van der Waals surface area (Å²) < 4.78 is 11.1. The Morgan fingerprint density at radius 3 is 2.23 bits per heavy atom. The second-order valence-electron chi connectivity index (χ2n) is 7.01. The van der Waals surface area contributed by atoms with Gasteiger partial charge >= 0.3 is 5.97 Å². The van der Waals surface area contributed by atoms with E-state index in [-0.39, 0.29) is 5.41 Å². The fourth-order valence-corrected chi connectivity index (χ4v) is 2.00. The number of aryl methyl sites for hydroxylation is 1. The van der Waals surface area contributed by atoms with Crippen molar-refractivity contribution in [2.75, 3.05) is 0 Å². The lowest BCUT2D eigenvalue weighted by Crippen LogP contribution is -2.42. The number of carbonyl (C=O) groups excluding carboxylic acids is 1. The molecule has 0 fully saturated rings. The Morgan fingerprint density at radius 2 is 1.82 bits per heavy atom. The number of hydrogen-bond donors (Lipinski definition) is 0. The first-order valence-electron chi connectivity index (χ1n) is 7.67. The van der Waals surface area contributed by atoms with Crippen LogP contribution in [0, 0.1) is 6.92 Å². The summed E-state index contributed by atoms with van der Waals surface area (Å²) in [6.45, 7) is 17.4. The molecule has 0 N–H and O–H groups in total. The molecule has 0 bridgehead atoms. The highest BCUT2D eigenvalue weighted by atomic mass is 16.6. The summed E-state index contributed by atoms with van der Waals surface area (Å²) in [5, 5.41) is 0. The van der Waals surface area contributed by atoms with Crippen LogP contribution in [-0.4, -0.2) is 11.6 Å². The van der Waals surface area contributed by atoms with Gasteiger partial charge in [0.05, 0.1) is 5.76 Å². The Balaban J connectivity index is 3.06. The van der Waals surface area contributed by atoms with Crippen molar-refractivity contribution >= 4 is 5.97 Å². The van der Waals surface area contributed by atoms with Crippen molar-refractivity contribution in [1.82, 2.24) is 0 Å². The quantitative estimate of drug-likeness (QED) is 0.572. The number of esters is 1. The molecule has 1 atom stereocenters. The van der Waals surface area contributed by atoms with E-state index in [1.807, 2.05) is 26.0 Å². The third-order valence-electron chi connectivity index (χ3n) is 3.75. The molecule has 3 nitrogen and oxygen atoms in total. The summed E-state index contributed by atoms with van der Waals surface area (Å²) in [5.41, 5.74) is 1.30. The molecule has 0 radical (unpaired) electrons. The highest BCUT2D eigenvalue weighted by Crippen LogP contribution is 2.31. The summed E-state index contributed by atoms with van der Waals surface area (Å²) in [7, 11) is 0. The minimum absolute atomic E-state index is 0.0796. The largest absolute Gasteiger partial charge is 0.476 e. The lowest BCUT2D eigenvalue weighted by molar-refractivity contribution is -0.156. The lowest BCUT2D eigenvalue weighted by atomic mass is 9.86. The highest BCUT2D eigenvalue weighted by molar-refractivity contribution is 5.80. The standard InChI is InChI=1S/C19H28O3/c1-9-19(8,17(20)21-13(2)3)22-16-11-10-15(12-14(16)4)18(5,6)7/h10-12H,2,9H2,1,3-8H3. The SMILES string of the molecule is C=C(C)OC(=O)C(C)(CC)Oc1ccc(C(C)(C)C)cc1C. The van der Waals surface area contributed by atoms with Gasteiger partial charge in [-0.15, -0.1) is 0 Å². The Bertz CT molecular complexity index is 567. The van der Waals surface area contributed by atoms with Crippen molar-refractivity contribution in [3.05, 3.63) is 41.7 Å². The second kappa shape index (κ2) is 6.55. The van der Waals surface area contributed by atoms with Gasteiger partial charge in [0.15, 0.2) is 0 Å². The summed E-state index contributed by atoms with van der Waals surface area (Å²) in [6.07, 6.45) is 0.513. The van der Waals surface area contributed by atoms with Gasteiger partial charge in [0.1, 0.15) is 5.75 Å². The van der Waals surface area contributed by atoms with E-state index in [0.29, 0.717) is 17.9 Å². The maximum absolute atomic E-state index is 12.2. The first-order chi connectivity index (χ1) is 9.99. The van der Waals surface area contributed by atoms with Crippen LogP contribution in [0.25, 0.3) is 0 Å². The molecule has 122 valence electrons. The van der Waals surface area contributed by atoms with E-state index in [1.54, 1.807) is 13.8 Å². The van der Waals surface area contributed by atoms with Crippen LogP contribution in [0.1, 0.15) is 59.1 Å². The smallest absolute Gasteiger partial charge is 0.355 e. The fraction of sp³-hybridized carbons (Fsp3) is 0.526. The van der Waals surface area contributed by atoms with Crippen molar-refractivity contribution < 1.29 is 14.3 Å². The second-order valence-corrected chi connectivity index (χ2v) is 7.01. The Morgan fingerprint density at radius 1 is 1.23 bits per heavy atom. The molecular weight excluding hydrogens is 276 g/mol. The van der Waals surface area contributed by atoms with Gasteiger partial charge in [-0.2, -0.15) is 0 Å². The van der Waals surface area contributed by atoms with Crippen LogP contribution in [0.5, 0.6) is 5.75 Å². The molecule has 1 aromatic rings. The molecule has 0 spiro atoms. The van der Waals surface area contributed by atoms with E-state index in [1.165, 1.54) is 5.56 Å². The number of carbonyl (C=O) groups is 1. The van der Waals surface area contributed by atoms with E-state index in [0.717, 1.165) is 5.56 Å². The summed E-state index contributed by atoms with van der Waals surface area (Å²) >= 11 is 0. The molecule has 0 aliphatic rings. The van der Waals surface area contributed by atoms with Crippen LogP contribution in [0.4, 0.5) is 0 Å². The van der Waals surface area contributed by atoms with Crippen molar-refractivity contribution in [3.63, 3.8) is 0 Å². The monoisotopic (exact) mass is 304 g/mol. The maximum Gasteiger partial charge on any atom is 0.355 e. The Hall–Kier alpha value is -1.77. The molecule has 0 saturated heterocycles. The molecule has 0 saturated carbocycles. The average Bonchev–Trinajstić information content (AvgIpc) is 2.38. The van der Waals surface area contributed by atoms with E-state index in [2.05, 4.69) is 33.4 Å².